The van der Waals surface area contributed by atoms with Gasteiger partial charge in [0.1, 0.15) is 5.75 Å². The van der Waals surface area contributed by atoms with Gasteiger partial charge in [0, 0.05) is 6.20 Å². The first-order valence-electron chi connectivity index (χ1n) is 5.15. The highest BCUT2D eigenvalue weighted by atomic mass is 16.3. The topological polar surface area (TPSA) is 61.4 Å². The second-order valence-electron chi connectivity index (χ2n) is 3.43. The Hall–Kier alpha value is -1.97. The Morgan fingerprint density at radius 3 is 2.94 bits per heavy atom. The molecule has 4 heteroatoms. The summed E-state index contributed by atoms with van der Waals surface area (Å²) in [6.07, 6.45) is 4.26. The summed E-state index contributed by atoms with van der Waals surface area (Å²) in [6, 6.07) is 4.66. The van der Waals surface area contributed by atoms with E-state index in [4.69, 9.17) is 0 Å². The fourth-order valence-electron chi connectivity index (χ4n) is 1.16. The van der Waals surface area contributed by atoms with Crippen molar-refractivity contribution in [1.29, 1.82) is 0 Å². The van der Waals surface area contributed by atoms with Crippen LogP contribution in [0.2, 0.25) is 0 Å². The third kappa shape index (κ3) is 3.65. The molecule has 0 radical (unpaired) electrons. The molecule has 0 fully saturated rings. The van der Waals surface area contributed by atoms with Crippen molar-refractivity contribution in [2.24, 2.45) is 0 Å². The molecule has 4 nitrogen and oxygen atoms in total. The third-order valence-corrected chi connectivity index (χ3v) is 1.97. The Morgan fingerprint density at radius 2 is 2.25 bits per heavy atom. The number of aryl methyl sites for hydroxylation is 1. The van der Waals surface area contributed by atoms with Crippen LogP contribution >= 0.6 is 0 Å². The standard InChI is InChI=1S/C12H16N2O2/c1-3-4-7-13-12(16)14-10-8-9(2)5-6-11(10)15/h4-8,15H,3H2,1-2H3,(H2,13,14,16)/b7-4+. The van der Waals surface area contributed by atoms with Crippen molar-refractivity contribution in [2.45, 2.75) is 20.3 Å². The molecule has 0 aliphatic heterocycles. The van der Waals surface area contributed by atoms with Crippen molar-refractivity contribution in [2.75, 3.05) is 5.32 Å². The van der Waals surface area contributed by atoms with Crippen LogP contribution in [0.4, 0.5) is 10.5 Å². The molecule has 0 atom stereocenters. The number of anilines is 1. The quantitative estimate of drug-likeness (QED) is 0.686. The van der Waals surface area contributed by atoms with Crippen LogP contribution in [0.3, 0.4) is 0 Å². The van der Waals surface area contributed by atoms with Gasteiger partial charge in [-0.15, -0.1) is 0 Å². The fourth-order valence-corrected chi connectivity index (χ4v) is 1.16. The van der Waals surface area contributed by atoms with E-state index in [-0.39, 0.29) is 11.8 Å². The van der Waals surface area contributed by atoms with E-state index < -0.39 is 0 Å². The molecule has 1 aromatic rings. The molecule has 86 valence electrons. The maximum absolute atomic E-state index is 11.4. The number of amides is 2. The lowest BCUT2D eigenvalue weighted by molar-refractivity contribution is 0.255. The molecule has 0 aliphatic carbocycles. The van der Waals surface area contributed by atoms with Gasteiger partial charge in [0.25, 0.3) is 0 Å². The summed E-state index contributed by atoms with van der Waals surface area (Å²) < 4.78 is 0. The lowest BCUT2D eigenvalue weighted by Crippen LogP contribution is -2.23. The highest BCUT2D eigenvalue weighted by molar-refractivity contribution is 5.91. The summed E-state index contributed by atoms with van der Waals surface area (Å²) in [5.41, 5.74) is 1.37. The Kier molecular flexibility index (Phi) is 4.39. The van der Waals surface area contributed by atoms with Gasteiger partial charge in [-0.25, -0.2) is 4.79 Å². The van der Waals surface area contributed by atoms with Gasteiger partial charge in [-0.3, -0.25) is 0 Å². The van der Waals surface area contributed by atoms with Crippen molar-refractivity contribution >= 4 is 11.7 Å². The SMILES string of the molecule is CC/C=C/NC(=O)Nc1cc(C)ccc1O. The number of hydrogen-bond acceptors (Lipinski definition) is 2. The Balaban J connectivity index is 2.62. The van der Waals surface area contributed by atoms with Gasteiger partial charge in [-0.2, -0.15) is 0 Å². The van der Waals surface area contributed by atoms with E-state index in [1.807, 2.05) is 19.9 Å². The molecule has 0 saturated carbocycles. The minimum Gasteiger partial charge on any atom is -0.506 e. The molecule has 2 amide bonds. The van der Waals surface area contributed by atoms with Crippen LogP contribution < -0.4 is 10.6 Å². The molecule has 16 heavy (non-hydrogen) atoms. The first-order chi connectivity index (χ1) is 7.63. The molecule has 0 unspecified atom stereocenters. The van der Waals surface area contributed by atoms with Crippen LogP contribution in [0.1, 0.15) is 18.9 Å². The number of phenolic OH excluding ortho intramolecular Hbond substituents is 1. The van der Waals surface area contributed by atoms with Crippen LogP contribution in [0, 0.1) is 6.92 Å². The van der Waals surface area contributed by atoms with Crippen molar-refractivity contribution in [3.05, 3.63) is 36.0 Å². The monoisotopic (exact) mass is 220 g/mol. The van der Waals surface area contributed by atoms with E-state index in [9.17, 15) is 9.90 Å². The van der Waals surface area contributed by atoms with Crippen LogP contribution in [-0.2, 0) is 0 Å². The molecule has 0 heterocycles. The molecule has 3 N–H and O–H groups in total. The zero-order valence-electron chi connectivity index (χ0n) is 9.45. The number of phenols is 1. The molecule has 0 aliphatic rings. The molecule has 0 saturated heterocycles. The Labute approximate surface area is 95.0 Å². The lowest BCUT2D eigenvalue weighted by atomic mass is 10.2. The average molecular weight is 220 g/mol. The van der Waals surface area contributed by atoms with Gasteiger partial charge in [0.2, 0.25) is 0 Å². The first-order valence-corrected chi connectivity index (χ1v) is 5.15. The van der Waals surface area contributed by atoms with Crippen molar-refractivity contribution in [3.63, 3.8) is 0 Å². The van der Waals surface area contributed by atoms with Gasteiger partial charge in [0.05, 0.1) is 5.69 Å². The number of rotatable bonds is 3. The van der Waals surface area contributed by atoms with E-state index in [0.717, 1.165) is 12.0 Å². The minimum absolute atomic E-state index is 0.0558. The van der Waals surface area contributed by atoms with Gasteiger partial charge in [-0.1, -0.05) is 19.1 Å². The zero-order chi connectivity index (χ0) is 12.0. The predicted molar refractivity (Wildman–Crippen MR) is 64.4 cm³/mol. The number of aromatic hydroxyl groups is 1. The number of carbonyl (C=O) groups is 1. The van der Waals surface area contributed by atoms with Gasteiger partial charge >= 0.3 is 6.03 Å². The first kappa shape index (κ1) is 12.1. The van der Waals surface area contributed by atoms with Crippen LogP contribution in [0.25, 0.3) is 0 Å². The second-order valence-corrected chi connectivity index (χ2v) is 3.43. The molecule has 0 bridgehead atoms. The lowest BCUT2D eigenvalue weighted by Gasteiger charge is -2.07. The molecule has 1 rings (SSSR count). The molecule has 0 aromatic heterocycles. The van der Waals surface area contributed by atoms with Crippen molar-refractivity contribution in [1.82, 2.24) is 5.32 Å². The maximum Gasteiger partial charge on any atom is 0.323 e. The summed E-state index contributed by atoms with van der Waals surface area (Å²) in [6.45, 7) is 3.86. The number of benzene rings is 1. The predicted octanol–water partition coefficient (Wildman–Crippen LogP) is 2.75. The van der Waals surface area contributed by atoms with Crippen molar-refractivity contribution < 1.29 is 9.90 Å². The van der Waals surface area contributed by atoms with Gasteiger partial charge < -0.3 is 15.7 Å². The summed E-state index contributed by atoms with van der Waals surface area (Å²) in [7, 11) is 0. The van der Waals surface area contributed by atoms with Crippen LogP contribution in [0.5, 0.6) is 5.75 Å². The van der Waals surface area contributed by atoms with Crippen molar-refractivity contribution in [3.8, 4) is 5.75 Å². The summed E-state index contributed by atoms with van der Waals surface area (Å²) >= 11 is 0. The number of nitrogens with one attached hydrogen (secondary N) is 2. The minimum atomic E-state index is -0.370. The van der Waals surface area contributed by atoms with Gasteiger partial charge in [-0.05, 0) is 31.0 Å². The molecule has 1 aromatic carbocycles. The normalized spacial score (nSPS) is 10.4. The van der Waals surface area contributed by atoms with Crippen LogP contribution in [-0.4, -0.2) is 11.1 Å². The smallest absolute Gasteiger partial charge is 0.323 e. The van der Waals surface area contributed by atoms with E-state index in [0.29, 0.717) is 5.69 Å². The Bertz CT molecular complexity index is 400. The number of allylic oxidation sites excluding steroid dienone is 1. The Morgan fingerprint density at radius 1 is 1.50 bits per heavy atom. The molecule has 0 spiro atoms. The highest BCUT2D eigenvalue weighted by Gasteiger charge is 2.04. The zero-order valence-corrected chi connectivity index (χ0v) is 9.45. The summed E-state index contributed by atoms with van der Waals surface area (Å²) in [5, 5.41) is 14.6. The van der Waals surface area contributed by atoms with E-state index in [2.05, 4.69) is 10.6 Å². The molecular weight excluding hydrogens is 204 g/mol. The largest absolute Gasteiger partial charge is 0.506 e. The third-order valence-electron chi connectivity index (χ3n) is 1.97. The second kappa shape index (κ2) is 5.80. The van der Waals surface area contributed by atoms with E-state index in [1.54, 1.807) is 24.4 Å². The van der Waals surface area contributed by atoms with E-state index in [1.165, 1.54) is 0 Å². The number of urea groups is 1. The summed E-state index contributed by atoms with van der Waals surface area (Å²) in [5.74, 6) is 0.0558. The van der Waals surface area contributed by atoms with E-state index >= 15 is 0 Å². The fraction of sp³-hybridized carbons (Fsp3) is 0.250. The average Bonchev–Trinajstić information content (AvgIpc) is 2.24. The highest BCUT2D eigenvalue weighted by Crippen LogP contribution is 2.23. The molecular formula is C12H16N2O2. The van der Waals surface area contributed by atoms with Crippen LogP contribution in [0.15, 0.2) is 30.5 Å². The number of hydrogen-bond donors (Lipinski definition) is 3. The number of carbonyl (C=O) groups excluding carboxylic acids is 1. The maximum atomic E-state index is 11.4. The summed E-state index contributed by atoms with van der Waals surface area (Å²) in [4.78, 5) is 11.4. The van der Waals surface area contributed by atoms with Gasteiger partial charge in [0.15, 0.2) is 0 Å².